The van der Waals surface area contributed by atoms with Crippen LogP contribution < -0.4 is 14.4 Å². The lowest BCUT2D eigenvalue weighted by molar-refractivity contribution is 0.439. The van der Waals surface area contributed by atoms with Gasteiger partial charge in [-0.05, 0) is 64.5 Å². The summed E-state index contributed by atoms with van der Waals surface area (Å²) in [5.74, 6) is 2.93. The summed E-state index contributed by atoms with van der Waals surface area (Å²) in [4.78, 5) is 2.29. The summed E-state index contributed by atoms with van der Waals surface area (Å²) in [6.07, 6.45) is 0. The minimum Gasteiger partial charge on any atom is -0.453 e. The van der Waals surface area contributed by atoms with Crippen LogP contribution in [-0.2, 0) is 0 Å². The standard InChI is InChI=1S/C40H27NO2/c1-3-11-28(12-4-1)29-21-23-32(24-22-29)41(35-18-8-7-17-34(35)30-13-5-2-6-14-30)33-25-26-36-39(27-33)43-38-20-10-16-31-15-9-19-37(42-36)40(31)38/h1-27H. The van der Waals surface area contributed by atoms with E-state index < -0.39 is 0 Å². The number of para-hydroxylation sites is 1. The van der Waals surface area contributed by atoms with E-state index in [4.69, 9.17) is 9.47 Å². The molecule has 0 aliphatic carbocycles. The molecule has 3 heteroatoms. The van der Waals surface area contributed by atoms with E-state index in [9.17, 15) is 0 Å². The Morgan fingerprint density at radius 2 is 0.953 bits per heavy atom. The van der Waals surface area contributed by atoms with Gasteiger partial charge in [0.05, 0.1) is 16.8 Å². The van der Waals surface area contributed by atoms with E-state index in [1.54, 1.807) is 0 Å². The monoisotopic (exact) mass is 553 g/mol. The summed E-state index contributed by atoms with van der Waals surface area (Å²) in [6, 6.07) is 56.6. The number of benzene rings is 7. The first-order valence-corrected chi connectivity index (χ1v) is 14.4. The van der Waals surface area contributed by atoms with Crippen molar-refractivity contribution in [3.8, 4) is 45.3 Å². The average Bonchev–Trinajstić information content (AvgIpc) is 3.24. The molecule has 0 amide bonds. The number of fused-ring (bicyclic) bond motifs is 1. The summed E-state index contributed by atoms with van der Waals surface area (Å²) in [7, 11) is 0. The van der Waals surface area contributed by atoms with Gasteiger partial charge < -0.3 is 14.4 Å². The van der Waals surface area contributed by atoms with Crippen LogP contribution in [0.3, 0.4) is 0 Å². The summed E-state index contributed by atoms with van der Waals surface area (Å²) in [5, 5.41) is 2.06. The molecule has 0 atom stereocenters. The maximum Gasteiger partial charge on any atom is 0.172 e. The lowest BCUT2D eigenvalue weighted by Gasteiger charge is -2.28. The van der Waals surface area contributed by atoms with Gasteiger partial charge in [0, 0.05) is 17.3 Å². The molecule has 7 aromatic carbocycles. The van der Waals surface area contributed by atoms with E-state index >= 15 is 0 Å². The SMILES string of the molecule is c1ccc(-c2ccc(N(c3ccc4c(c3)Oc3cccc5cccc(c35)O4)c3ccccc3-c3ccccc3)cc2)cc1. The maximum absolute atomic E-state index is 6.58. The molecule has 0 fully saturated rings. The van der Waals surface area contributed by atoms with Crippen molar-refractivity contribution in [2.75, 3.05) is 4.90 Å². The van der Waals surface area contributed by atoms with Crippen molar-refractivity contribution in [3.63, 3.8) is 0 Å². The molecule has 0 radical (unpaired) electrons. The van der Waals surface area contributed by atoms with Crippen LogP contribution in [0, 0.1) is 0 Å². The van der Waals surface area contributed by atoms with Gasteiger partial charge in [-0.3, -0.25) is 0 Å². The Morgan fingerprint density at radius 1 is 0.372 bits per heavy atom. The van der Waals surface area contributed by atoms with Gasteiger partial charge in [0.25, 0.3) is 0 Å². The molecule has 1 heterocycles. The van der Waals surface area contributed by atoms with Crippen molar-refractivity contribution in [1.29, 1.82) is 0 Å². The number of anilines is 3. The first-order chi connectivity index (χ1) is 21.3. The fourth-order valence-electron chi connectivity index (χ4n) is 5.87. The molecule has 0 aromatic heterocycles. The summed E-state index contributed by atoms with van der Waals surface area (Å²) < 4.78 is 13.0. The molecule has 0 unspecified atom stereocenters. The molecule has 0 bridgehead atoms. The zero-order chi connectivity index (χ0) is 28.6. The molecule has 0 spiro atoms. The van der Waals surface area contributed by atoms with Gasteiger partial charge in [0.2, 0.25) is 0 Å². The Hall–Kier alpha value is -5.80. The number of hydrogen-bond acceptors (Lipinski definition) is 3. The maximum atomic E-state index is 6.58. The molecule has 8 rings (SSSR count). The highest BCUT2D eigenvalue weighted by Gasteiger charge is 2.22. The van der Waals surface area contributed by atoms with Gasteiger partial charge in [-0.15, -0.1) is 0 Å². The van der Waals surface area contributed by atoms with Crippen LogP contribution in [0.4, 0.5) is 17.1 Å². The molecular formula is C40H27NO2. The zero-order valence-electron chi connectivity index (χ0n) is 23.4. The predicted molar refractivity (Wildman–Crippen MR) is 176 cm³/mol. The van der Waals surface area contributed by atoms with E-state index in [1.165, 1.54) is 11.1 Å². The Bertz CT molecular complexity index is 2060. The lowest BCUT2D eigenvalue weighted by atomic mass is 10.0. The molecule has 204 valence electrons. The number of rotatable bonds is 5. The molecule has 7 aromatic rings. The molecular weight excluding hydrogens is 526 g/mol. The van der Waals surface area contributed by atoms with Gasteiger partial charge in [-0.2, -0.15) is 0 Å². The van der Waals surface area contributed by atoms with Crippen LogP contribution in [0.15, 0.2) is 164 Å². The fourth-order valence-corrected chi connectivity index (χ4v) is 5.87. The van der Waals surface area contributed by atoms with Crippen LogP contribution >= 0.6 is 0 Å². The molecule has 0 saturated heterocycles. The van der Waals surface area contributed by atoms with Gasteiger partial charge in [-0.25, -0.2) is 0 Å². The highest BCUT2D eigenvalue weighted by Crippen LogP contribution is 2.49. The largest absolute Gasteiger partial charge is 0.453 e. The number of nitrogens with zero attached hydrogens (tertiary/aromatic N) is 1. The van der Waals surface area contributed by atoms with Crippen molar-refractivity contribution < 1.29 is 9.47 Å². The van der Waals surface area contributed by atoms with Crippen molar-refractivity contribution in [3.05, 3.63) is 164 Å². The Labute approximate surface area is 250 Å². The molecule has 0 N–H and O–H groups in total. The second-order valence-electron chi connectivity index (χ2n) is 10.6. The Morgan fingerprint density at radius 3 is 1.67 bits per heavy atom. The number of ether oxygens (including phenoxy) is 2. The molecule has 1 aliphatic heterocycles. The molecule has 43 heavy (non-hydrogen) atoms. The topological polar surface area (TPSA) is 21.7 Å². The first kappa shape index (κ1) is 25.0. The van der Waals surface area contributed by atoms with Crippen molar-refractivity contribution in [2.45, 2.75) is 0 Å². The fraction of sp³-hybridized carbons (Fsp3) is 0. The van der Waals surface area contributed by atoms with Gasteiger partial charge >= 0.3 is 0 Å². The molecule has 3 nitrogen and oxygen atoms in total. The van der Waals surface area contributed by atoms with Gasteiger partial charge in [-0.1, -0.05) is 115 Å². The normalized spacial score (nSPS) is 11.6. The van der Waals surface area contributed by atoms with Crippen LogP contribution in [0.5, 0.6) is 23.0 Å². The Balaban J connectivity index is 1.28. The first-order valence-electron chi connectivity index (χ1n) is 14.4. The van der Waals surface area contributed by atoms with Crippen molar-refractivity contribution in [1.82, 2.24) is 0 Å². The zero-order valence-corrected chi connectivity index (χ0v) is 23.4. The van der Waals surface area contributed by atoms with E-state index in [0.29, 0.717) is 11.5 Å². The summed E-state index contributed by atoms with van der Waals surface area (Å²) in [6.45, 7) is 0. The second kappa shape index (κ2) is 10.6. The minimum absolute atomic E-state index is 0.671. The van der Waals surface area contributed by atoms with Crippen LogP contribution in [-0.4, -0.2) is 0 Å². The van der Waals surface area contributed by atoms with Crippen LogP contribution in [0.2, 0.25) is 0 Å². The second-order valence-corrected chi connectivity index (χ2v) is 10.6. The van der Waals surface area contributed by atoms with E-state index in [-0.39, 0.29) is 0 Å². The summed E-state index contributed by atoms with van der Waals surface area (Å²) >= 11 is 0. The molecule has 1 aliphatic rings. The van der Waals surface area contributed by atoms with Gasteiger partial charge in [0.1, 0.15) is 11.5 Å². The third kappa shape index (κ3) is 4.58. The van der Waals surface area contributed by atoms with Crippen molar-refractivity contribution in [2.24, 2.45) is 0 Å². The van der Waals surface area contributed by atoms with E-state index in [1.807, 2.05) is 36.4 Å². The highest BCUT2D eigenvalue weighted by molar-refractivity contribution is 5.95. The van der Waals surface area contributed by atoms with Crippen LogP contribution in [0.25, 0.3) is 33.0 Å². The highest BCUT2D eigenvalue weighted by atomic mass is 16.5. The molecule has 0 saturated carbocycles. The average molecular weight is 554 g/mol. The smallest absolute Gasteiger partial charge is 0.172 e. The summed E-state index contributed by atoms with van der Waals surface area (Å²) in [5.41, 5.74) is 7.74. The lowest BCUT2D eigenvalue weighted by Crippen LogP contribution is -2.11. The van der Waals surface area contributed by atoms with Crippen molar-refractivity contribution >= 4 is 27.8 Å². The van der Waals surface area contributed by atoms with Crippen LogP contribution in [0.1, 0.15) is 0 Å². The van der Waals surface area contributed by atoms with E-state index in [2.05, 4.69) is 132 Å². The minimum atomic E-state index is 0.671. The van der Waals surface area contributed by atoms with Gasteiger partial charge in [0.15, 0.2) is 11.5 Å². The quantitative estimate of drug-likeness (QED) is 0.212. The third-order valence-electron chi connectivity index (χ3n) is 7.92. The Kier molecular flexibility index (Phi) is 6.12. The third-order valence-corrected chi connectivity index (χ3v) is 7.92. The number of hydrogen-bond donors (Lipinski definition) is 0. The van der Waals surface area contributed by atoms with E-state index in [0.717, 1.165) is 50.5 Å². The predicted octanol–water partition coefficient (Wildman–Crippen LogP) is 11.5.